The number of H-pyrrole nitrogens is 1. The molecule has 154 valence electrons. The number of rotatable bonds is 3. The van der Waals surface area contributed by atoms with Crippen LogP contribution >= 0.6 is 0 Å². The zero-order valence-electron chi connectivity index (χ0n) is 17.9. The molecule has 2 aliphatic rings. The standard InChI is InChI=1S/C23H27N7/c1-12(2)20-21(17-10-30-23(25-11-26-30)14(4)13(17)3)27-18-5-6-19(28-22(18)20)29-9-15-7-16(29)8-24-15/h5-6,10-12,15-16,24,27H,7-9H2,1-4H3/t15-,16-/m0/s1. The molecule has 0 aromatic carbocycles. The van der Waals surface area contributed by atoms with E-state index in [-0.39, 0.29) is 0 Å². The summed E-state index contributed by atoms with van der Waals surface area (Å²) in [5, 5.41) is 7.97. The van der Waals surface area contributed by atoms with Crippen LogP contribution in [0.4, 0.5) is 5.82 Å². The van der Waals surface area contributed by atoms with Gasteiger partial charge in [-0.15, -0.1) is 0 Å². The van der Waals surface area contributed by atoms with Crippen LogP contribution in [0.3, 0.4) is 0 Å². The highest BCUT2D eigenvalue weighted by atomic mass is 15.3. The Morgan fingerprint density at radius 2 is 2.03 bits per heavy atom. The van der Waals surface area contributed by atoms with Gasteiger partial charge in [-0.2, -0.15) is 5.10 Å². The summed E-state index contributed by atoms with van der Waals surface area (Å²) in [5.41, 5.74) is 9.07. The summed E-state index contributed by atoms with van der Waals surface area (Å²) < 4.78 is 1.88. The van der Waals surface area contributed by atoms with Crippen LogP contribution in [0, 0.1) is 13.8 Å². The molecule has 6 heterocycles. The van der Waals surface area contributed by atoms with Crippen LogP contribution in [-0.4, -0.2) is 49.7 Å². The summed E-state index contributed by atoms with van der Waals surface area (Å²) in [5.74, 6) is 1.45. The molecule has 4 aromatic rings. The van der Waals surface area contributed by atoms with Crippen molar-refractivity contribution in [2.24, 2.45) is 0 Å². The molecule has 0 amide bonds. The Labute approximate surface area is 175 Å². The highest BCUT2D eigenvalue weighted by Gasteiger charge is 2.38. The first-order chi connectivity index (χ1) is 14.5. The first-order valence-electron chi connectivity index (χ1n) is 10.8. The molecule has 2 fully saturated rings. The molecule has 30 heavy (non-hydrogen) atoms. The maximum atomic E-state index is 5.18. The average molecular weight is 402 g/mol. The van der Waals surface area contributed by atoms with Crippen LogP contribution in [0.2, 0.25) is 0 Å². The topological polar surface area (TPSA) is 74.1 Å². The van der Waals surface area contributed by atoms with Gasteiger partial charge >= 0.3 is 0 Å². The lowest BCUT2D eigenvalue weighted by Crippen LogP contribution is -2.43. The van der Waals surface area contributed by atoms with Gasteiger partial charge in [0.25, 0.3) is 0 Å². The Morgan fingerprint density at radius 1 is 1.17 bits per heavy atom. The van der Waals surface area contributed by atoms with E-state index in [4.69, 9.17) is 4.98 Å². The van der Waals surface area contributed by atoms with Crippen molar-refractivity contribution in [1.82, 2.24) is 29.9 Å². The van der Waals surface area contributed by atoms with Crippen molar-refractivity contribution in [3.05, 3.63) is 41.3 Å². The molecule has 0 radical (unpaired) electrons. The van der Waals surface area contributed by atoms with Gasteiger partial charge in [-0.1, -0.05) is 13.8 Å². The molecule has 6 rings (SSSR count). The predicted molar refractivity (Wildman–Crippen MR) is 119 cm³/mol. The number of pyridine rings is 2. The number of nitrogens with one attached hydrogen (secondary N) is 2. The minimum atomic E-state index is 0.347. The molecule has 0 spiro atoms. The van der Waals surface area contributed by atoms with Gasteiger partial charge in [0.15, 0.2) is 5.65 Å². The summed E-state index contributed by atoms with van der Waals surface area (Å²) in [6, 6.07) is 5.55. The fourth-order valence-corrected chi connectivity index (χ4v) is 5.31. The molecule has 4 aromatic heterocycles. The minimum absolute atomic E-state index is 0.347. The molecule has 7 heteroatoms. The zero-order chi connectivity index (χ0) is 20.6. The van der Waals surface area contributed by atoms with Gasteiger partial charge in [-0.05, 0) is 49.4 Å². The van der Waals surface area contributed by atoms with Crippen molar-refractivity contribution in [3.63, 3.8) is 0 Å². The molecule has 2 N–H and O–H groups in total. The number of aromatic nitrogens is 5. The van der Waals surface area contributed by atoms with Crippen molar-refractivity contribution in [2.75, 3.05) is 18.0 Å². The lowest BCUT2D eigenvalue weighted by atomic mass is 9.95. The molecule has 2 aliphatic heterocycles. The van der Waals surface area contributed by atoms with Gasteiger partial charge in [0, 0.05) is 42.5 Å². The van der Waals surface area contributed by atoms with Crippen LogP contribution in [0.15, 0.2) is 24.7 Å². The number of aromatic amines is 1. The number of aryl methyl sites for hydroxylation is 1. The number of fused-ring (bicyclic) bond motifs is 4. The molecule has 0 saturated carbocycles. The van der Waals surface area contributed by atoms with E-state index in [1.54, 1.807) is 6.33 Å². The lowest BCUT2D eigenvalue weighted by molar-refractivity contribution is 0.577. The maximum Gasteiger partial charge on any atom is 0.158 e. The van der Waals surface area contributed by atoms with Crippen LogP contribution in [0.1, 0.15) is 42.9 Å². The smallest absolute Gasteiger partial charge is 0.158 e. The second-order valence-electron chi connectivity index (χ2n) is 9.10. The lowest BCUT2D eigenvalue weighted by Gasteiger charge is -2.28. The molecule has 2 saturated heterocycles. The predicted octanol–water partition coefficient (Wildman–Crippen LogP) is 3.56. The van der Waals surface area contributed by atoms with Crippen LogP contribution < -0.4 is 10.2 Å². The third kappa shape index (κ3) is 2.45. The van der Waals surface area contributed by atoms with E-state index in [1.165, 1.54) is 17.5 Å². The van der Waals surface area contributed by atoms with E-state index in [2.05, 4.69) is 71.3 Å². The molecular weight excluding hydrogens is 374 g/mol. The minimum Gasteiger partial charge on any atom is -0.353 e. The Morgan fingerprint density at radius 3 is 2.77 bits per heavy atom. The molecule has 7 nitrogen and oxygen atoms in total. The zero-order valence-corrected chi connectivity index (χ0v) is 17.9. The number of piperazine rings is 1. The van der Waals surface area contributed by atoms with Gasteiger partial charge in [0.1, 0.15) is 12.1 Å². The fourth-order valence-electron chi connectivity index (χ4n) is 5.31. The number of nitrogens with zero attached hydrogens (tertiary/aromatic N) is 5. The summed E-state index contributed by atoms with van der Waals surface area (Å²) in [4.78, 5) is 15.8. The van der Waals surface area contributed by atoms with Gasteiger partial charge in [-0.25, -0.2) is 14.5 Å². The van der Waals surface area contributed by atoms with E-state index in [0.29, 0.717) is 18.0 Å². The van der Waals surface area contributed by atoms with Crippen LogP contribution in [0.5, 0.6) is 0 Å². The van der Waals surface area contributed by atoms with Crippen molar-refractivity contribution in [2.45, 2.75) is 52.1 Å². The van der Waals surface area contributed by atoms with Gasteiger partial charge in [0.05, 0.1) is 16.7 Å². The molecule has 0 unspecified atom stereocenters. The van der Waals surface area contributed by atoms with E-state index in [0.717, 1.165) is 52.4 Å². The van der Waals surface area contributed by atoms with Gasteiger partial charge < -0.3 is 15.2 Å². The molecule has 2 atom stereocenters. The average Bonchev–Trinajstić information content (AvgIpc) is 3.51. The Kier molecular flexibility index (Phi) is 3.75. The van der Waals surface area contributed by atoms with Crippen molar-refractivity contribution in [3.8, 4) is 11.3 Å². The Balaban J connectivity index is 1.55. The maximum absolute atomic E-state index is 5.18. The van der Waals surface area contributed by atoms with E-state index < -0.39 is 0 Å². The molecular formula is C23H27N7. The second-order valence-corrected chi connectivity index (χ2v) is 9.10. The highest BCUT2D eigenvalue weighted by Crippen LogP contribution is 2.38. The summed E-state index contributed by atoms with van der Waals surface area (Å²) in [6.45, 7) is 10.9. The third-order valence-electron chi connectivity index (χ3n) is 6.99. The third-order valence-corrected chi connectivity index (χ3v) is 6.99. The Hall–Kier alpha value is -2.93. The second kappa shape index (κ2) is 6.28. The van der Waals surface area contributed by atoms with E-state index >= 15 is 0 Å². The summed E-state index contributed by atoms with van der Waals surface area (Å²) >= 11 is 0. The van der Waals surface area contributed by atoms with Crippen LogP contribution in [0.25, 0.3) is 27.9 Å². The Bertz CT molecular complexity index is 1280. The number of anilines is 1. The van der Waals surface area contributed by atoms with Gasteiger partial charge in [-0.3, -0.25) is 0 Å². The van der Waals surface area contributed by atoms with Crippen molar-refractivity contribution < 1.29 is 0 Å². The first-order valence-corrected chi connectivity index (χ1v) is 10.8. The van der Waals surface area contributed by atoms with E-state index in [1.807, 2.05) is 4.52 Å². The molecule has 0 aliphatic carbocycles. The summed E-state index contributed by atoms with van der Waals surface area (Å²) in [7, 11) is 0. The largest absolute Gasteiger partial charge is 0.353 e. The highest BCUT2D eigenvalue weighted by molar-refractivity contribution is 5.90. The number of hydrogen-bond acceptors (Lipinski definition) is 5. The van der Waals surface area contributed by atoms with Gasteiger partial charge in [0.2, 0.25) is 0 Å². The quantitative estimate of drug-likeness (QED) is 0.549. The number of hydrogen-bond donors (Lipinski definition) is 2. The SMILES string of the molecule is Cc1c(-c2[nH]c3ccc(N4C[C@@H]5C[C@H]4CN5)nc3c2C(C)C)cn2ncnc2c1C. The normalized spacial score (nSPS) is 21.0. The molecule has 2 bridgehead atoms. The summed E-state index contributed by atoms with van der Waals surface area (Å²) in [6.07, 6.45) is 4.94. The first kappa shape index (κ1) is 17.9. The van der Waals surface area contributed by atoms with Crippen LogP contribution in [-0.2, 0) is 0 Å². The van der Waals surface area contributed by atoms with Crippen molar-refractivity contribution >= 4 is 22.5 Å². The van der Waals surface area contributed by atoms with E-state index in [9.17, 15) is 0 Å². The monoisotopic (exact) mass is 401 g/mol. The fraction of sp³-hybridized carbons (Fsp3) is 0.435. The van der Waals surface area contributed by atoms with Crippen molar-refractivity contribution in [1.29, 1.82) is 0 Å².